The number of carbonyl (C=O) groups is 1. The van der Waals surface area contributed by atoms with Crippen LogP contribution in [0, 0.1) is 25.7 Å². The monoisotopic (exact) mass is 336 g/mol. The van der Waals surface area contributed by atoms with Gasteiger partial charge in [0.15, 0.2) is 0 Å². The number of carbonyl (C=O) groups excluding carboxylic acids is 1. The first-order valence-corrected chi connectivity index (χ1v) is 8.91. The van der Waals surface area contributed by atoms with Crippen LogP contribution in [0.3, 0.4) is 0 Å². The van der Waals surface area contributed by atoms with Gasteiger partial charge >= 0.3 is 0 Å². The standard InChI is InChI=1S/C18H28N2O4/c1-12-11-20(17(21)10-16-13(2)19-24-14(16)3)7-6-18(12,22)15-4-8-23-9-5-15/h12,15,22H,4-11H2,1-3H3/t12-,18+/m1/s1. The molecule has 6 nitrogen and oxygen atoms in total. The summed E-state index contributed by atoms with van der Waals surface area (Å²) < 4.78 is 10.6. The van der Waals surface area contributed by atoms with Crippen molar-refractivity contribution in [1.82, 2.24) is 10.1 Å². The summed E-state index contributed by atoms with van der Waals surface area (Å²) in [6, 6.07) is 0. The van der Waals surface area contributed by atoms with Gasteiger partial charge in [-0.25, -0.2) is 0 Å². The molecule has 2 fully saturated rings. The Labute approximate surface area is 143 Å². The van der Waals surface area contributed by atoms with Crippen LogP contribution in [0.25, 0.3) is 0 Å². The van der Waals surface area contributed by atoms with Gasteiger partial charge in [-0.05, 0) is 39.0 Å². The molecule has 3 rings (SSSR count). The summed E-state index contributed by atoms with van der Waals surface area (Å²) in [6.07, 6.45) is 2.79. The second kappa shape index (κ2) is 6.84. The number of rotatable bonds is 3. The second-order valence-corrected chi connectivity index (χ2v) is 7.35. The molecular weight excluding hydrogens is 308 g/mol. The lowest BCUT2D eigenvalue weighted by molar-refractivity contribution is -0.150. The van der Waals surface area contributed by atoms with Crippen molar-refractivity contribution in [2.24, 2.45) is 11.8 Å². The average molecular weight is 336 g/mol. The highest BCUT2D eigenvalue weighted by Crippen LogP contribution is 2.39. The molecule has 2 atom stereocenters. The number of aryl methyl sites for hydroxylation is 2. The van der Waals surface area contributed by atoms with E-state index in [2.05, 4.69) is 12.1 Å². The molecule has 2 aliphatic rings. The van der Waals surface area contributed by atoms with Crippen LogP contribution < -0.4 is 0 Å². The topological polar surface area (TPSA) is 75.8 Å². The maximum Gasteiger partial charge on any atom is 0.227 e. The SMILES string of the molecule is Cc1noc(C)c1CC(=O)N1CC[C@@](O)(C2CCOCC2)[C@H](C)C1. The zero-order chi connectivity index (χ0) is 17.3. The first-order chi connectivity index (χ1) is 11.4. The molecule has 0 spiro atoms. The summed E-state index contributed by atoms with van der Waals surface area (Å²) in [5.41, 5.74) is 0.992. The third-order valence-corrected chi connectivity index (χ3v) is 5.92. The zero-order valence-corrected chi connectivity index (χ0v) is 14.9. The fraction of sp³-hybridized carbons (Fsp3) is 0.778. The van der Waals surface area contributed by atoms with Crippen LogP contribution in [0.1, 0.15) is 43.2 Å². The maximum atomic E-state index is 12.7. The van der Waals surface area contributed by atoms with Crippen LogP contribution in [0.15, 0.2) is 4.52 Å². The lowest BCUT2D eigenvalue weighted by Crippen LogP contribution is -2.57. The fourth-order valence-electron chi connectivity index (χ4n) is 4.19. The van der Waals surface area contributed by atoms with E-state index in [1.165, 1.54) is 0 Å². The molecule has 0 unspecified atom stereocenters. The van der Waals surface area contributed by atoms with Crippen molar-refractivity contribution in [3.8, 4) is 0 Å². The Morgan fingerprint density at radius 1 is 1.38 bits per heavy atom. The summed E-state index contributed by atoms with van der Waals surface area (Å²) in [5, 5.41) is 15.1. The van der Waals surface area contributed by atoms with Crippen molar-refractivity contribution in [2.45, 2.75) is 52.1 Å². The highest BCUT2D eigenvalue weighted by molar-refractivity contribution is 5.79. The summed E-state index contributed by atoms with van der Waals surface area (Å²) in [5.74, 6) is 1.15. The smallest absolute Gasteiger partial charge is 0.227 e. The molecule has 2 aliphatic heterocycles. The van der Waals surface area contributed by atoms with E-state index < -0.39 is 5.60 Å². The molecule has 6 heteroatoms. The number of ether oxygens (including phenoxy) is 1. The number of aromatic nitrogens is 1. The average Bonchev–Trinajstić information content (AvgIpc) is 2.90. The lowest BCUT2D eigenvalue weighted by atomic mass is 9.70. The van der Waals surface area contributed by atoms with E-state index in [1.807, 2.05) is 18.7 Å². The molecule has 24 heavy (non-hydrogen) atoms. The molecule has 2 saturated heterocycles. The number of hydrogen-bond acceptors (Lipinski definition) is 5. The Morgan fingerprint density at radius 2 is 2.08 bits per heavy atom. The van der Waals surface area contributed by atoms with E-state index in [0.717, 1.165) is 37.3 Å². The highest BCUT2D eigenvalue weighted by atomic mass is 16.5. The van der Waals surface area contributed by atoms with Crippen molar-refractivity contribution in [3.05, 3.63) is 17.0 Å². The minimum Gasteiger partial charge on any atom is -0.389 e. The van der Waals surface area contributed by atoms with E-state index in [4.69, 9.17) is 9.26 Å². The van der Waals surface area contributed by atoms with Crippen LogP contribution in [0.5, 0.6) is 0 Å². The van der Waals surface area contributed by atoms with Crippen LogP contribution in [0.4, 0.5) is 0 Å². The molecule has 0 bridgehead atoms. The van der Waals surface area contributed by atoms with E-state index in [1.54, 1.807) is 0 Å². The number of aliphatic hydroxyl groups is 1. The van der Waals surface area contributed by atoms with E-state index in [9.17, 15) is 9.90 Å². The van der Waals surface area contributed by atoms with Crippen molar-refractivity contribution in [1.29, 1.82) is 0 Å². The third kappa shape index (κ3) is 3.22. The van der Waals surface area contributed by atoms with Gasteiger partial charge in [0.1, 0.15) is 5.76 Å². The lowest BCUT2D eigenvalue weighted by Gasteiger charge is -2.48. The number of likely N-dealkylation sites (tertiary alicyclic amines) is 1. The molecule has 0 aliphatic carbocycles. The summed E-state index contributed by atoms with van der Waals surface area (Å²) in [4.78, 5) is 14.5. The van der Waals surface area contributed by atoms with Gasteiger partial charge in [0.05, 0.1) is 17.7 Å². The molecule has 0 radical (unpaired) electrons. The Morgan fingerprint density at radius 3 is 2.67 bits per heavy atom. The molecule has 1 amide bonds. The summed E-state index contributed by atoms with van der Waals surface area (Å²) >= 11 is 0. The van der Waals surface area contributed by atoms with Gasteiger partial charge in [-0.3, -0.25) is 4.79 Å². The van der Waals surface area contributed by atoms with E-state index >= 15 is 0 Å². The van der Waals surface area contributed by atoms with Crippen molar-refractivity contribution < 1.29 is 19.2 Å². The molecular formula is C18H28N2O4. The Bertz CT molecular complexity index is 574. The Kier molecular flexibility index (Phi) is 4.97. The van der Waals surface area contributed by atoms with Crippen molar-refractivity contribution in [3.63, 3.8) is 0 Å². The summed E-state index contributed by atoms with van der Waals surface area (Å²) in [6.45, 7) is 8.44. The van der Waals surface area contributed by atoms with Crippen molar-refractivity contribution in [2.75, 3.05) is 26.3 Å². The number of nitrogens with zero attached hydrogens (tertiary/aromatic N) is 2. The van der Waals surface area contributed by atoms with Crippen LogP contribution in [-0.2, 0) is 16.0 Å². The predicted molar refractivity (Wildman–Crippen MR) is 88.5 cm³/mol. The highest BCUT2D eigenvalue weighted by Gasteiger charge is 2.46. The van der Waals surface area contributed by atoms with E-state index in [-0.39, 0.29) is 17.7 Å². The molecule has 0 saturated carbocycles. The number of amides is 1. The van der Waals surface area contributed by atoms with Crippen LogP contribution >= 0.6 is 0 Å². The van der Waals surface area contributed by atoms with Gasteiger partial charge in [-0.1, -0.05) is 12.1 Å². The zero-order valence-electron chi connectivity index (χ0n) is 14.9. The molecule has 1 aromatic heterocycles. The fourth-order valence-corrected chi connectivity index (χ4v) is 4.19. The largest absolute Gasteiger partial charge is 0.389 e. The van der Waals surface area contributed by atoms with Crippen molar-refractivity contribution >= 4 is 5.91 Å². The molecule has 1 N–H and O–H groups in total. The molecule has 134 valence electrons. The number of hydrogen-bond donors (Lipinski definition) is 1. The van der Waals surface area contributed by atoms with Crippen LogP contribution in [0.2, 0.25) is 0 Å². The normalized spacial score (nSPS) is 29.0. The minimum atomic E-state index is -0.677. The minimum absolute atomic E-state index is 0.0722. The van der Waals surface area contributed by atoms with E-state index in [0.29, 0.717) is 31.7 Å². The van der Waals surface area contributed by atoms with Gasteiger partial charge in [0, 0.05) is 37.8 Å². The quantitative estimate of drug-likeness (QED) is 0.912. The van der Waals surface area contributed by atoms with Gasteiger partial charge in [0.2, 0.25) is 5.91 Å². The van der Waals surface area contributed by atoms with Gasteiger partial charge in [-0.2, -0.15) is 0 Å². The second-order valence-electron chi connectivity index (χ2n) is 7.35. The predicted octanol–water partition coefficient (Wildman–Crippen LogP) is 1.86. The Balaban J connectivity index is 1.63. The molecule has 0 aromatic carbocycles. The number of piperidine rings is 1. The Hall–Kier alpha value is -1.40. The maximum absolute atomic E-state index is 12.7. The first kappa shape index (κ1) is 17.4. The molecule has 3 heterocycles. The summed E-state index contributed by atoms with van der Waals surface area (Å²) in [7, 11) is 0. The van der Waals surface area contributed by atoms with Crippen LogP contribution in [-0.4, -0.2) is 53.0 Å². The van der Waals surface area contributed by atoms with Gasteiger partial charge in [-0.15, -0.1) is 0 Å². The van der Waals surface area contributed by atoms with Gasteiger partial charge < -0.3 is 19.3 Å². The first-order valence-electron chi connectivity index (χ1n) is 8.91. The van der Waals surface area contributed by atoms with Gasteiger partial charge in [0.25, 0.3) is 0 Å². The molecule has 1 aromatic rings. The third-order valence-electron chi connectivity index (χ3n) is 5.92.